The average molecular weight is 476 g/mol. The first-order chi connectivity index (χ1) is 14.8. The molecule has 1 aliphatic carbocycles. The van der Waals surface area contributed by atoms with Crippen molar-refractivity contribution in [3.05, 3.63) is 105 Å². The van der Waals surface area contributed by atoms with Gasteiger partial charge >= 0.3 is 0 Å². The molecule has 31 heavy (non-hydrogen) atoms. The number of rotatable bonds is 4. The molecular weight excluding hydrogens is 446 g/mol. The van der Waals surface area contributed by atoms with Gasteiger partial charge in [-0.25, -0.2) is 0 Å². The standard InChI is InChI=1S/C28H30BrNO/c1-28(2,3)23-16-14-20(15-17-23)19-30(27(31)22-10-6-11-24(29)18-22)26-13-7-9-21-8-4-5-12-25(21)26/h4-6,8,10-12,14-18,26H,7,9,13,19H2,1-3H3. The molecular formula is C28H30BrNO. The molecule has 0 aliphatic heterocycles. The van der Waals surface area contributed by atoms with Gasteiger partial charge in [0.1, 0.15) is 0 Å². The molecule has 0 aromatic heterocycles. The van der Waals surface area contributed by atoms with Crippen molar-refractivity contribution in [2.45, 2.75) is 58.0 Å². The van der Waals surface area contributed by atoms with Crippen LogP contribution in [0.25, 0.3) is 0 Å². The monoisotopic (exact) mass is 475 g/mol. The van der Waals surface area contributed by atoms with Gasteiger partial charge in [-0.05, 0) is 65.1 Å². The van der Waals surface area contributed by atoms with E-state index in [1.165, 1.54) is 22.3 Å². The lowest BCUT2D eigenvalue weighted by atomic mass is 9.85. The highest BCUT2D eigenvalue weighted by molar-refractivity contribution is 9.10. The van der Waals surface area contributed by atoms with E-state index in [0.717, 1.165) is 29.3 Å². The summed E-state index contributed by atoms with van der Waals surface area (Å²) in [5.41, 5.74) is 5.98. The average Bonchev–Trinajstić information content (AvgIpc) is 2.76. The van der Waals surface area contributed by atoms with Gasteiger partial charge in [0, 0.05) is 16.6 Å². The Morgan fingerprint density at radius 1 is 1.00 bits per heavy atom. The van der Waals surface area contributed by atoms with E-state index in [1.54, 1.807) is 0 Å². The summed E-state index contributed by atoms with van der Waals surface area (Å²) in [6, 6.07) is 25.2. The Morgan fingerprint density at radius 2 is 1.74 bits per heavy atom. The molecule has 1 unspecified atom stereocenters. The van der Waals surface area contributed by atoms with Crippen LogP contribution in [-0.2, 0) is 18.4 Å². The van der Waals surface area contributed by atoms with Crippen molar-refractivity contribution < 1.29 is 4.79 Å². The number of amides is 1. The number of fused-ring (bicyclic) bond motifs is 1. The van der Waals surface area contributed by atoms with E-state index in [2.05, 4.69) is 90.1 Å². The summed E-state index contributed by atoms with van der Waals surface area (Å²) in [5, 5.41) is 0. The van der Waals surface area contributed by atoms with Gasteiger partial charge in [-0.15, -0.1) is 0 Å². The maximum Gasteiger partial charge on any atom is 0.254 e. The molecule has 0 spiro atoms. The Kier molecular flexibility index (Phi) is 6.34. The van der Waals surface area contributed by atoms with Crippen LogP contribution in [0.2, 0.25) is 0 Å². The van der Waals surface area contributed by atoms with Crippen molar-refractivity contribution in [3.8, 4) is 0 Å². The number of hydrogen-bond acceptors (Lipinski definition) is 1. The van der Waals surface area contributed by atoms with Crippen LogP contribution < -0.4 is 0 Å². The summed E-state index contributed by atoms with van der Waals surface area (Å²) >= 11 is 3.52. The van der Waals surface area contributed by atoms with Gasteiger partial charge in [0.2, 0.25) is 0 Å². The molecule has 1 amide bonds. The van der Waals surface area contributed by atoms with Crippen LogP contribution in [-0.4, -0.2) is 10.8 Å². The third-order valence-corrected chi connectivity index (χ3v) is 6.71. The summed E-state index contributed by atoms with van der Waals surface area (Å²) < 4.78 is 0.928. The van der Waals surface area contributed by atoms with Gasteiger partial charge < -0.3 is 4.90 Å². The fourth-order valence-electron chi connectivity index (χ4n) is 4.47. The summed E-state index contributed by atoms with van der Waals surface area (Å²) in [5.74, 6) is 0.0860. The third kappa shape index (κ3) is 4.93. The highest BCUT2D eigenvalue weighted by atomic mass is 79.9. The summed E-state index contributed by atoms with van der Waals surface area (Å²) in [4.78, 5) is 15.8. The van der Waals surface area contributed by atoms with Crippen LogP contribution in [0.3, 0.4) is 0 Å². The van der Waals surface area contributed by atoms with Crippen LogP contribution in [0.4, 0.5) is 0 Å². The van der Waals surface area contributed by atoms with Crippen LogP contribution in [0.15, 0.2) is 77.3 Å². The van der Waals surface area contributed by atoms with E-state index in [4.69, 9.17) is 0 Å². The first-order valence-electron chi connectivity index (χ1n) is 11.1. The summed E-state index contributed by atoms with van der Waals surface area (Å²) in [7, 11) is 0. The topological polar surface area (TPSA) is 20.3 Å². The SMILES string of the molecule is CC(C)(C)c1ccc(CN(C(=O)c2cccc(Br)c2)C2CCCc3ccccc32)cc1. The number of nitrogens with zero attached hydrogens (tertiary/aromatic N) is 1. The Hall–Kier alpha value is -2.39. The first-order valence-corrected chi connectivity index (χ1v) is 11.9. The van der Waals surface area contributed by atoms with Crippen LogP contribution in [0.5, 0.6) is 0 Å². The Morgan fingerprint density at radius 3 is 2.45 bits per heavy atom. The van der Waals surface area contributed by atoms with Crippen LogP contribution >= 0.6 is 15.9 Å². The number of benzene rings is 3. The molecule has 0 heterocycles. The van der Waals surface area contributed by atoms with E-state index in [9.17, 15) is 4.79 Å². The Labute approximate surface area is 194 Å². The molecule has 0 fully saturated rings. The second-order valence-corrected chi connectivity index (χ2v) is 10.4. The van der Waals surface area contributed by atoms with E-state index >= 15 is 0 Å². The maximum absolute atomic E-state index is 13.7. The van der Waals surface area contributed by atoms with E-state index in [-0.39, 0.29) is 17.4 Å². The number of aryl methyl sites for hydroxylation is 1. The molecule has 1 aliphatic rings. The number of halogens is 1. The fraction of sp³-hybridized carbons (Fsp3) is 0.321. The molecule has 0 saturated heterocycles. The molecule has 0 bridgehead atoms. The van der Waals surface area contributed by atoms with Gasteiger partial charge in [-0.2, -0.15) is 0 Å². The van der Waals surface area contributed by atoms with Crippen molar-refractivity contribution in [2.75, 3.05) is 0 Å². The smallest absolute Gasteiger partial charge is 0.254 e. The van der Waals surface area contributed by atoms with Crippen LogP contribution in [0, 0.1) is 0 Å². The summed E-state index contributed by atoms with van der Waals surface area (Å²) in [6.07, 6.45) is 3.19. The second-order valence-electron chi connectivity index (χ2n) is 9.50. The minimum Gasteiger partial charge on any atom is -0.327 e. The van der Waals surface area contributed by atoms with Crippen molar-refractivity contribution in [1.29, 1.82) is 0 Å². The zero-order valence-electron chi connectivity index (χ0n) is 18.6. The predicted octanol–water partition coefficient (Wildman–Crippen LogP) is 7.47. The largest absolute Gasteiger partial charge is 0.327 e. The van der Waals surface area contributed by atoms with E-state index < -0.39 is 0 Å². The quantitative estimate of drug-likeness (QED) is 0.383. The fourth-order valence-corrected chi connectivity index (χ4v) is 4.87. The van der Waals surface area contributed by atoms with Crippen molar-refractivity contribution in [2.24, 2.45) is 0 Å². The van der Waals surface area contributed by atoms with Gasteiger partial charge in [-0.1, -0.05) is 91.3 Å². The first kappa shape index (κ1) is 21.8. The summed E-state index contributed by atoms with van der Waals surface area (Å²) in [6.45, 7) is 7.28. The molecule has 2 nitrogen and oxygen atoms in total. The second kappa shape index (κ2) is 9.00. The minimum absolute atomic E-state index is 0.0860. The van der Waals surface area contributed by atoms with Crippen LogP contribution in [0.1, 0.15) is 72.3 Å². The van der Waals surface area contributed by atoms with E-state index in [0.29, 0.717) is 6.54 Å². The molecule has 160 valence electrons. The van der Waals surface area contributed by atoms with Crippen molar-refractivity contribution in [1.82, 2.24) is 4.90 Å². The van der Waals surface area contributed by atoms with Gasteiger partial charge in [0.15, 0.2) is 0 Å². The Bertz CT molecular complexity index is 1060. The normalized spacial score (nSPS) is 15.9. The van der Waals surface area contributed by atoms with Gasteiger partial charge in [0.05, 0.1) is 6.04 Å². The molecule has 4 rings (SSSR count). The van der Waals surface area contributed by atoms with Crippen molar-refractivity contribution in [3.63, 3.8) is 0 Å². The third-order valence-electron chi connectivity index (χ3n) is 6.22. The lowest BCUT2D eigenvalue weighted by Crippen LogP contribution is -2.36. The van der Waals surface area contributed by atoms with E-state index in [1.807, 2.05) is 24.3 Å². The van der Waals surface area contributed by atoms with Crippen molar-refractivity contribution >= 4 is 21.8 Å². The number of carbonyl (C=O) groups is 1. The molecule has 3 heteroatoms. The van der Waals surface area contributed by atoms with Gasteiger partial charge in [0.25, 0.3) is 5.91 Å². The predicted molar refractivity (Wildman–Crippen MR) is 131 cm³/mol. The zero-order chi connectivity index (χ0) is 22.0. The molecule has 0 N–H and O–H groups in total. The Balaban J connectivity index is 1.71. The number of carbonyl (C=O) groups excluding carboxylic acids is 1. The molecule has 0 saturated carbocycles. The molecule has 0 radical (unpaired) electrons. The van der Waals surface area contributed by atoms with Gasteiger partial charge in [-0.3, -0.25) is 4.79 Å². The minimum atomic E-state index is 0.0860. The molecule has 3 aromatic carbocycles. The highest BCUT2D eigenvalue weighted by Gasteiger charge is 2.30. The maximum atomic E-state index is 13.7. The highest BCUT2D eigenvalue weighted by Crippen LogP contribution is 2.36. The lowest BCUT2D eigenvalue weighted by Gasteiger charge is -2.36. The number of hydrogen-bond donors (Lipinski definition) is 0. The zero-order valence-corrected chi connectivity index (χ0v) is 20.2. The lowest BCUT2D eigenvalue weighted by molar-refractivity contribution is 0.0638. The molecule has 3 aromatic rings. The molecule has 1 atom stereocenters.